The normalized spacial score (nSPS) is 21.9. The highest BCUT2D eigenvalue weighted by molar-refractivity contribution is 4.90. The van der Waals surface area contributed by atoms with Gasteiger partial charge in [-0.2, -0.15) is 5.10 Å². The molecule has 0 radical (unpaired) electrons. The molecule has 16 heavy (non-hydrogen) atoms. The van der Waals surface area contributed by atoms with E-state index in [4.69, 9.17) is 0 Å². The lowest BCUT2D eigenvalue weighted by atomic mass is 9.84. The molecule has 0 bridgehead atoms. The van der Waals surface area contributed by atoms with Crippen molar-refractivity contribution in [3.05, 3.63) is 12.2 Å². The number of H-pyrrole nitrogens is 1. The number of nitrogens with one attached hydrogen (secondary N) is 2. The minimum atomic E-state index is 0.263. The molecule has 2 atom stereocenters. The first-order valence-electron chi connectivity index (χ1n) is 6.38. The molecule has 2 rings (SSSR count). The molecule has 1 aromatic rings. The summed E-state index contributed by atoms with van der Waals surface area (Å²) in [5.41, 5.74) is 0. The Morgan fingerprint density at radius 3 is 2.69 bits per heavy atom. The summed E-state index contributed by atoms with van der Waals surface area (Å²) in [7, 11) is 0. The molecule has 0 saturated heterocycles. The number of nitrogens with zero attached hydrogens (tertiary/aromatic N) is 2. The third-order valence-corrected chi connectivity index (χ3v) is 3.71. The highest BCUT2D eigenvalue weighted by atomic mass is 15.2. The topological polar surface area (TPSA) is 53.6 Å². The predicted molar refractivity (Wildman–Crippen MR) is 64.0 cm³/mol. The maximum absolute atomic E-state index is 4.19. The largest absolute Gasteiger partial charge is 0.305 e. The SMILES string of the molecule is CC(NC(C)C1CCCCC1)c1ncn[nH]1. The second-order valence-corrected chi connectivity index (χ2v) is 4.95. The van der Waals surface area contributed by atoms with Gasteiger partial charge < -0.3 is 5.32 Å². The van der Waals surface area contributed by atoms with E-state index in [0.29, 0.717) is 6.04 Å². The molecular weight excluding hydrogens is 200 g/mol. The Bertz CT molecular complexity index is 290. The van der Waals surface area contributed by atoms with Crippen molar-refractivity contribution in [2.75, 3.05) is 0 Å². The molecule has 2 N–H and O–H groups in total. The average Bonchev–Trinajstić information content (AvgIpc) is 2.83. The van der Waals surface area contributed by atoms with Gasteiger partial charge in [-0.05, 0) is 32.6 Å². The minimum absolute atomic E-state index is 0.263. The standard InChI is InChI=1S/C12H22N4/c1-9(11-6-4-3-5-7-11)15-10(2)12-13-8-14-16-12/h8-11,15H,3-7H2,1-2H3,(H,13,14,16). The van der Waals surface area contributed by atoms with E-state index >= 15 is 0 Å². The zero-order chi connectivity index (χ0) is 11.4. The Hall–Kier alpha value is -0.900. The smallest absolute Gasteiger partial charge is 0.141 e. The van der Waals surface area contributed by atoms with E-state index in [0.717, 1.165) is 11.7 Å². The van der Waals surface area contributed by atoms with Gasteiger partial charge in [0.1, 0.15) is 12.2 Å². The van der Waals surface area contributed by atoms with Crippen LogP contribution >= 0.6 is 0 Å². The van der Waals surface area contributed by atoms with Gasteiger partial charge in [0.05, 0.1) is 6.04 Å². The summed E-state index contributed by atoms with van der Waals surface area (Å²) in [6.07, 6.45) is 8.52. The molecule has 1 saturated carbocycles. The molecule has 2 unspecified atom stereocenters. The van der Waals surface area contributed by atoms with Crippen molar-refractivity contribution < 1.29 is 0 Å². The summed E-state index contributed by atoms with van der Waals surface area (Å²) in [5, 5.41) is 10.4. The molecule has 0 spiro atoms. The van der Waals surface area contributed by atoms with Crippen molar-refractivity contribution in [1.82, 2.24) is 20.5 Å². The molecule has 1 aliphatic rings. The molecule has 1 fully saturated rings. The molecule has 4 nitrogen and oxygen atoms in total. The molecule has 1 aromatic heterocycles. The Kier molecular flexibility index (Phi) is 3.93. The van der Waals surface area contributed by atoms with Crippen LogP contribution in [0.4, 0.5) is 0 Å². The maximum Gasteiger partial charge on any atom is 0.141 e. The Morgan fingerprint density at radius 1 is 1.31 bits per heavy atom. The second-order valence-electron chi connectivity index (χ2n) is 4.95. The highest BCUT2D eigenvalue weighted by Crippen LogP contribution is 2.27. The van der Waals surface area contributed by atoms with E-state index in [9.17, 15) is 0 Å². The van der Waals surface area contributed by atoms with Crippen LogP contribution in [0.5, 0.6) is 0 Å². The fraction of sp³-hybridized carbons (Fsp3) is 0.833. The van der Waals surface area contributed by atoms with Crippen LogP contribution in [0.25, 0.3) is 0 Å². The number of rotatable bonds is 4. The fourth-order valence-electron chi connectivity index (χ4n) is 2.67. The van der Waals surface area contributed by atoms with Crippen LogP contribution in [-0.2, 0) is 0 Å². The van der Waals surface area contributed by atoms with Crippen LogP contribution < -0.4 is 5.32 Å². The summed E-state index contributed by atoms with van der Waals surface area (Å²) in [5.74, 6) is 1.77. The fourth-order valence-corrected chi connectivity index (χ4v) is 2.67. The molecule has 1 heterocycles. The molecule has 0 aliphatic heterocycles. The van der Waals surface area contributed by atoms with Gasteiger partial charge in [0, 0.05) is 6.04 Å². The van der Waals surface area contributed by atoms with Gasteiger partial charge in [-0.25, -0.2) is 4.98 Å². The number of aromatic amines is 1. The van der Waals surface area contributed by atoms with Crippen LogP contribution in [0.15, 0.2) is 6.33 Å². The third-order valence-electron chi connectivity index (χ3n) is 3.71. The number of aromatic nitrogens is 3. The van der Waals surface area contributed by atoms with Crippen LogP contribution in [-0.4, -0.2) is 21.2 Å². The summed E-state index contributed by atoms with van der Waals surface area (Å²) >= 11 is 0. The molecular formula is C12H22N4. The van der Waals surface area contributed by atoms with Crippen molar-refractivity contribution in [1.29, 1.82) is 0 Å². The first-order valence-corrected chi connectivity index (χ1v) is 6.38. The zero-order valence-electron chi connectivity index (χ0n) is 10.2. The second kappa shape index (κ2) is 5.43. The van der Waals surface area contributed by atoms with Gasteiger partial charge >= 0.3 is 0 Å². The number of hydrogen-bond acceptors (Lipinski definition) is 3. The van der Waals surface area contributed by atoms with Crippen LogP contribution in [0, 0.1) is 5.92 Å². The summed E-state index contributed by atoms with van der Waals surface area (Å²) in [6.45, 7) is 4.43. The Labute approximate surface area is 97.2 Å². The quantitative estimate of drug-likeness (QED) is 0.822. The molecule has 0 aromatic carbocycles. The van der Waals surface area contributed by atoms with Crippen molar-refractivity contribution in [2.24, 2.45) is 5.92 Å². The van der Waals surface area contributed by atoms with Gasteiger partial charge in [0.2, 0.25) is 0 Å². The summed E-state index contributed by atoms with van der Waals surface area (Å²) < 4.78 is 0. The van der Waals surface area contributed by atoms with Crippen molar-refractivity contribution >= 4 is 0 Å². The number of hydrogen-bond donors (Lipinski definition) is 2. The molecule has 90 valence electrons. The molecule has 4 heteroatoms. The summed E-state index contributed by atoms with van der Waals surface area (Å²) in [6, 6.07) is 0.833. The predicted octanol–water partition coefficient (Wildman–Crippen LogP) is 2.42. The van der Waals surface area contributed by atoms with Crippen molar-refractivity contribution in [3.63, 3.8) is 0 Å². The summed E-state index contributed by atoms with van der Waals surface area (Å²) in [4.78, 5) is 4.19. The van der Waals surface area contributed by atoms with Crippen LogP contribution in [0.2, 0.25) is 0 Å². The van der Waals surface area contributed by atoms with E-state index in [2.05, 4.69) is 34.3 Å². The van der Waals surface area contributed by atoms with Crippen molar-refractivity contribution in [3.8, 4) is 0 Å². The van der Waals surface area contributed by atoms with Gasteiger partial charge in [-0.1, -0.05) is 19.3 Å². The van der Waals surface area contributed by atoms with Crippen molar-refractivity contribution in [2.45, 2.75) is 58.0 Å². The first-order chi connectivity index (χ1) is 7.77. The van der Waals surface area contributed by atoms with E-state index < -0.39 is 0 Å². The van der Waals surface area contributed by atoms with Gasteiger partial charge in [-0.3, -0.25) is 5.10 Å². The van der Waals surface area contributed by atoms with E-state index in [1.165, 1.54) is 32.1 Å². The third kappa shape index (κ3) is 2.82. The lowest BCUT2D eigenvalue weighted by Crippen LogP contribution is -2.36. The highest BCUT2D eigenvalue weighted by Gasteiger charge is 2.22. The van der Waals surface area contributed by atoms with Gasteiger partial charge in [0.25, 0.3) is 0 Å². The lowest BCUT2D eigenvalue weighted by molar-refractivity contribution is 0.266. The zero-order valence-corrected chi connectivity index (χ0v) is 10.2. The van der Waals surface area contributed by atoms with E-state index in [1.807, 2.05) is 0 Å². The van der Waals surface area contributed by atoms with E-state index in [1.54, 1.807) is 6.33 Å². The average molecular weight is 222 g/mol. The molecule has 1 aliphatic carbocycles. The van der Waals surface area contributed by atoms with E-state index in [-0.39, 0.29) is 6.04 Å². The van der Waals surface area contributed by atoms with Gasteiger partial charge in [-0.15, -0.1) is 0 Å². The van der Waals surface area contributed by atoms with Crippen LogP contribution in [0.3, 0.4) is 0 Å². The monoisotopic (exact) mass is 222 g/mol. The first kappa shape index (κ1) is 11.6. The Morgan fingerprint density at radius 2 is 2.06 bits per heavy atom. The van der Waals surface area contributed by atoms with Gasteiger partial charge in [0.15, 0.2) is 0 Å². The maximum atomic E-state index is 4.19. The Balaban J connectivity index is 1.84. The lowest BCUT2D eigenvalue weighted by Gasteiger charge is -2.30. The molecule has 0 amide bonds. The minimum Gasteiger partial charge on any atom is -0.305 e. The van der Waals surface area contributed by atoms with Crippen LogP contribution in [0.1, 0.15) is 57.8 Å².